The smallest absolute Gasteiger partial charge is 0.347 e. The second-order valence-corrected chi connectivity index (χ2v) is 8.44. The van der Waals surface area contributed by atoms with E-state index in [0.717, 1.165) is 11.1 Å². The number of hydrogen-bond acceptors (Lipinski definition) is 4. The van der Waals surface area contributed by atoms with E-state index in [2.05, 4.69) is 5.32 Å². The highest BCUT2D eigenvalue weighted by molar-refractivity contribution is 6.00. The number of hydrogen-bond donors (Lipinski definition) is 3. The van der Waals surface area contributed by atoms with Crippen LogP contribution in [-0.2, 0) is 4.79 Å². The van der Waals surface area contributed by atoms with Gasteiger partial charge in [0.25, 0.3) is 0 Å². The average Bonchev–Trinajstić information content (AvgIpc) is 2.93. The monoisotopic (exact) mass is 440 g/mol. The first-order valence-electron chi connectivity index (χ1n) is 10.2. The van der Waals surface area contributed by atoms with Gasteiger partial charge in [-0.1, -0.05) is 36.4 Å². The predicted octanol–water partition coefficient (Wildman–Crippen LogP) is 4.05. The first kappa shape index (κ1) is 23.1. The van der Waals surface area contributed by atoms with Crippen LogP contribution in [0.5, 0.6) is 0 Å². The van der Waals surface area contributed by atoms with Gasteiger partial charge in [-0.3, -0.25) is 10.1 Å². The Morgan fingerprint density at radius 1 is 1.06 bits per heavy atom. The van der Waals surface area contributed by atoms with Crippen molar-refractivity contribution >= 4 is 29.4 Å². The largest absolute Gasteiger partial charge is 0.480 e. The first-order chi connectivity index (χ1) is 15.0. The number of aliphatic carboxylic acids is 1. The molecule has 0 aromatic heterocycles. The zero-order valence-electron chi connectivity index (χ0n) is 18.7. The molecule has 1 fully saturated rings. The Labute approximate surface area is 186 Å². The van der Waals surface area contributed by atoms with Crippen LogP contribution in [0.3, 0.4) is 0 Å². The van der Waals surface area contributed by atoms with Gasteiger partial charge in [0.1, 0.15) is 6.04 Å². The van der Waals surface area contributed by atoms with E-state index < -0.39 is 35.8 Å². The minimum absolute atomic E-state index is 0.464. The minimum atomic E-state index is -1.24. The molecule has 3 rings (SSSR count). The van der Waals surface area contributed by atoms with Crippen LogP contribution < -0.4 is 10.2 Å². The Morgan fingerprint density at radius 3 is 2.19 bits per heavy atom. The number of anilines is 2. The van der Waals surface area contributed by atoms with Crippen molar-refractivity contribution in [3.63, 3.8) is 0 Å². The highest BCUT2D eigenvalue weighted by Gasteiger charge is 2.58. The summed E-state index contributed by atoms with van der Waals surface area (Å²) in [6.45, 7) is 8.26. The molecule has 4 amide bonds. The molecule has 2 atom stereocenters. The molecule has 1 saturated heterocycles. The lowest BCUT2D eigenvalue weighted by atomic mass is 9.98. The number of amides is 4. The summed E-state index contributed by atoms with van der Waals surface area (Å²) in [4.78, 5) is 40.7. The first-order valence-corrected chi connectivity index (χ1v) is 10.2. The molecule has 0 radical (unpaired) electrons. The number of nitrogens with zero attached hydrogens (tertiary/aromatic N) is 3. The lowest BCUT2D eigenvalue weighted by Crippen LogP contribution is -2.59. The molecule has 0 saturated carbocycles. The van der Waals surface area contributed by atoms with Gasteiger partial charge in [-0.2, -0.15) is 5.06 Å². The zero-order valence-corrected chi connectivity index (χ0v) is 18.7. The number of aryl methyl sites for hydroxylation is 2. The van der Waals surface area contributed by atoms with Crippen LogP contribution in [-0.4, -0.2) is 56.1 Å². The maximum Gasteiger partial charge on any atom is 0.347 e. The molecule has 2 aromatic rings. The highest BCUT2D eigenvalue weighted by Crippen LogP contribution is 2.40. The number of rotatable bonds is 5. The number of urea groups is 2. The molecule has 2 aromatic carbocycles. The second-order valence-electron chi connectivity index (χ2n) is 8.44. The number of carboxylic acid groups (broad SMARTS) is 1. The molecule has 0 spiro atoms. The summed E-state index contributed by atoms with van der Waals surface area (Å²) in [5, 5.41) is 23.8. The van der Waals surface area contributed by atoms with E-state index in [0.29, 0.717) is 16.4 Å². The Hall–Kier alpha value is -3.59. The third-order valence-electron chi connectivity index (χ3n) is 5.86. The van der Waals surface area contributed by atoms with E-state index in [4.69, 9.17) is 0 Å². The topological polar surface area (TPSA) is 113 Å². The van der Waals surface area contributed by atoms with Gasteiger partial charge in [0, 0.05) is 5.69 Å². The van der Waals surface area contributed by atoms with Gasteiger partial charge in [0.15, 0.2) is 6.17 Å². The zero-order chi connectivity index (χ0) is 23.8. The lowest BCUT2D eigenvalue weighted by Gasteiger charge is -2.39. The Balaban J connectivity index is 2.07. The Morgan fingerprint density at radius 2 is 1.62 bits per heavy atom. The van der Waals surface area contributed by atoms with Gasteiger partial charge in [-0.15, -0.1) is 0 Å². The van der Waals surface area contributed by atoms with E-state index in [1.807, 2.05) is 19.1 Å². The quantitative estimate of drug-likeness (QED) is 0.480. The molecule has 0 unspecified atom stereocenters. The van der Waals surface area contributed by atoms with Crippen LogP contribution in [0.15, 0.2) is 48.5 Å². The van der Waals surface area contributed by atoms with Gasteiger partial charge in [-0.25, -0.2) is 14.4 Å². The number of benzene rings is 2. The van der Waals surface area contributed by atoms with Crippen molar-refractivity contribution in [1.29, 1.82) is 0 Å². The summed E-state index contributed by atoms with van der Waals surface area (Å²) in [6.07, 6.45) is -1.19. The Kier molecular flexibility index (Phi) is 6.13. The number of carbonyl (C=O) groups is 3. The molecular weight excluding hydrogens is 412 g/mol. The normalized spacial score (nSPS) is 18.4. The van der Waals surface area contributed by atoms with Crippen molar-refractivity contribution in [3.8, 4) is 0 Å². The van der Waals surface area contributed by atoms with Crippen LogP contribution >= 0.6 is 0 Å². The minimum Gasteiger partial charge on any atom is -0.480 e. The number of hydroxylamine groups is 2. The van der Waals surface area contributed by atoms with E-state index in [1.165, 1.54) is 16.7 Å². The standard InChI is InChI=1S/C23H28N4O5/c1-14-10-6-8-12-17(14)24-21(30)27(32)20-23(4,5)26(16(3)19(28)29)22(31)25(20)18-13-9-7-11-15(18)2/h6-13,16,20,32H,1-5H3,(H,24,30)(H,28,29)/t16-,20+/m0/s1. The van der Waals surface area contributed by atoms with Gasteiger partial charge >= 0.3 is 18.0 Å². The fourth-order valence-electron chi connectivity index (χ4n) is 4.16. The molecular formula is C23H28N4O5. The van der Waals surface area contributed by atoms with Crippen molar-refractivity contribution in [2.45, 2.75) is 52.4 Å². The number of nitrogens with one attached hydrogen (secondary N) is 1. The predicted molar refractivity (Wildman–Crippen MR) is 120 cm³/mol. The van der Waals surface area contributed by atoms with Crippen LogP contribution in [0.2, 0.25) is 0 Å². The van der Waals surface area contributed by atoms with Gasteiger partial charge in [0.05, 0.1) is 11.2 Å². The summed E-state index contributed by atoms with van der Waals surface area (Å²) in [5.41, 5.74) is 1.28. The van der Waals surface area contributed by atoms with Gasteiger partial charge in [-0.05, 0) is 57.9 Å². The van der Waals surface area contributed by atoms with Crippen molar-refractivity contribution in [2.75, 3.05) is 10.2 Å². The summed E-state index contributed by atoms with van der Waals surface area (Å²) in [7, 11) is 0. The molecule has 32 heavy (non-hydrogen) atoms. The van der Waals surface area contributed by atoms with Crippen molar-refractivity contribution in [3.05, 3.63) is 59.7 Å². The maximum atomic E-state index is 13.5. The summed E-state index contributed by atoms with van der Waals surface area (Å²) in [6, 6.07) is 11.5. The van der Waals surface area contributed by atoms with Crippen LogP contribution in [0, 0.1) is 13.8 Å². The molecule has 1 heterocycles. The molecule has 9 heteroatoms. The van der Waals surface area contributed by atoms with E-state index >= 15 is 0 Å². The fraction of sp³-hybridized carbons (Fsp3) is 0.348. The highest BCUT2D eigenvalue weighted by atomic mass is 16.5. The van der Waals surface area contributed by atoms with Crippen LogP contribution in [0.4, 0.5) is 21.0 Å². The number of carboxylic acids is 1. The van der Waals surface area contributed by atoms with Crippen LogP contribution in [0.1, 0.15) is 31.9 Å². The molecule has 1 aliphatic heterocycles. The van der Waals surface area contributed by atoms with Gasteiger partial charge < -0.3 is 15.3 Å². The second kappa shape index (κ2) is 8.51. The summed E-state index contributed by atoms with van der Waals surface area (Å²) < 4.78 is 0. The van der Waals surface area contributed by atoms with Crippen molar-refractivity contribution in [2.24, 2.45) is 0 Å². The third kappa shape index (κ3) is 3.87. The fourth-order valence-corrected chi connectivity index (χ4v) is 4.16. The van der Waals surface area contributed by atoms with Gasteiger partial charge in [0.2, 0.25) is 0 Å². The third-order valence-corrected chi connectivity index (χ3v) is 5.86. The van der Waals surface area contributed by atoms with E-state index in [9.17, 15) is 24.7 Å². The SMILES string of the molecule is Cc1ccccc1NC(=O)N(O)[C@H]1N(c2ccccc2C)C(=O)N([C@@H](C)C(=O)O)C1(C)C. The van der Waals surface area contributed by atoms with E-state index in [-0.39, 0.29) is 0 Å². The molecule has 1 aliphatic rings. The molecule has 170 valence electrons. The average molecular weight is 441 g/mol. The van der Waals surface area contributed by atoms with Crippen LogP contribution in [0.25, 0.3) is 0 Å². The summed E-state index contributed by atoms with van der Waals surface area (Å²) >= 11 is 0. The summed E-state index contributed by atoms with van der Waals surface area (Å²) in [5.74, 6) is -1.19. The van der Waals surface area contributed by atoms with E-state index in [1.54, 1.807) is 57.2 Å². The Bertz CT molecular complexity index is 1050. The molecule has 0 aliphatic carbocycles. The van der Waals surface area contributed by atoms with Crippen molar-refractivity contribution < 1.29 is 24.7 Å². The molecule has 0 bridgehead atoms. The lowest BCUT2D eigenvalue weighted by molar-refractivity contribution is -0.145. The number of para-hydroxylation sites is 2. The number of carbonyl (C=O) groups excluding carboxylic acids is 2. The maximum absolute atomic E-state index is 13.5. The van der Waals surface area contributed by atoms with Crippen molar-refractivity contribution in [1.82, 2.24) is 9.96 Å². The molecule has 9 nitrogen and oxygen atoms in total. The molecule has 3 N–H and O–H groups in total.